The number of carbonyl (C=O) groups is 1. The van der Waals surface area contributed by atoms with Crippen LogP contribution in [0.5, 0.6) is 0 Å². The first-order valence-electron chi connectivity index (χ1n) is 10.4. The lowest BCUT2D eigenvalue weighted by Crippen LogP contribution is -2.49. The van der Waals surface area contributed by atoms with Gasteiger partial charge in [0.1, 0.15) is 5.69 Å². The topological polar surface area (TPSA) is 61.4 Å². The molecule has 0 aliphatic carbocycles. The number of nitrogens with one attached hydrogen (secondary N) is 1. The van der Waals surface area contributed by atoms with Crippen LogP contribution in [0, 0.1) is 0 Å². The van der Waals surface area contributed by atoms with E-state index in [1.807, 2.05) is 4.90 Å². The predicted molar refractivity (Wildman–Crippen MR) is 125 cm³/mol. The summed E-state index contributed by atoms with van der Waals surface area (Å²) < 4.78 is 0. The molecule has 1 unspecified atom stereocenters. The van der Waals surface area contributed by atoms with Crippen molar-refractivity contribution in [2.75, 3.05) is 37.6 Å². The summed E-state index contributed by atoms with van der Waals surface area (Å²) in [5, 5.41) is 3.43. The van der Waals surface area contributed by atoms with Crippen LogP contribution < -0.4 is 10.2 Å². The number of aromatic nitrogens is 2. The molecule has 2 aliphatic heterocycles. The SMILES string of the molecule is CCc1ccc(C2CNCCN2C(=O)c2ccnc(N3CCCCC3)n2)cc1.Cl.Cl. The quantitative estimate of drug-likeness (QED) is 0.768. The maximum absolute atomic E-state index is 13.3. The summed E-state index contributed by atoms with van der Waals surface area (Å²) in [6, 6.07) is 10.4. The molecule has 1 atom stereocenters. The van der Waals surface area contributed by atoms with Gasteiger partial charge in [-0.2, -0.15) is 0 Å². The Morgan fingerprint density at radius 2 is 1.80 bits per heavy atom. The van der Waals surface area contributed by atoms with Crippen LogP contribution in [0.25, 0.3) is 0 Å². The Bertz CT molecular complexity index is 811. The van der Waals surface area contributed by atoms with Crippen molar-refractivity contribution in [2.24, 2.45) is 0 Å². The highest BCUT2D eigenvalue weighted by Crippen LogP contribution is 2.25. The van der Waals surface area contributed by atoms with E-state index in [4.69, 9.17) is 0 Å². The molecule has 3 heterocycles. The summed E-state index contributed by atoms with van der Waals surface area (Å²) in [4.78, 5) is 26.5. The Morgan fingerprint density at radius 3 is 2.50 bits per heavy atom. The fourth-order valence-electron chi connectivity index (χ4n) is 4.08. The number of piperidine rings is 1. The maximum atomic E-state index is 13.3. The van der Waals surface area contributed by atoms with Gasteiger partial charge in [-0.05, 0) is 42.9 Å². The van der Waals surface area contributed by atoms with Crippen molar-refractivity contribution >= 4 is 36.7 Å². The molecule has 1 amide bonds. The smallest absolute Gasteiger partial charge is 0.273 e. The van der Waals surface area contributed by atoms with E-state index in [-0.39, 0.29) is 36.8 Å². The van der Waals surface area contributed by atoms with Crippen molar-refractivity contribution in [3.63, 3.8) is 0 Å². The third-order valence-electron chi connectivity index (χ3n) is 5.78. The lowest BCUT2D eigenvalue weighted by atomic mass is 10.0. The van der Waals surface area contributed by atoms with Gasteiger partial charge in [0, 0.05) is 38.9 Å². The molecule has 4 rings (SSSR count). The number of hydrogen-bond donors (Lipinski definition) is 1. The third-order valence-corrected chi connectivity index (χ3v) is 5.78. The van der Waals surface area contributed by atoms with Gasteiger partial charge in [-0.15, -0.1) is 24.8 Å². The Labute approximate surface area is 191 Å². The van der Waals surface area contributed by atoms with Gasteiger partial charge in [-0.1, -0.05) is 31.2 Å². The first-order chi connectivity index (χ1) is 13.8. The first-order valence-corrected chi connectivity index (χ1v) is 10.4. The van der Waals surface area contributed by atoms with Crippen LogP contribution in [0.1, 0.15) is 53.8 Å². The number of piperazine rings is 1. The highest BCUT2D eigenvalue weighted by Gasteiger charge is 2.29. The molecule has 2 fully saturated rings. The summed E-state index contributed by atoms with van der Waals surface area (Å²) in [5.41, 5.74) is 2.98. The molecular formula is C22H31Cl2N5O. The second-order valence-corrected chi connectivity index (χ2v) is 7.60. The van der Waals surface area contributed by atoms with E-state index in [0.717, 1.165) is 45.4 Å². The number of aryl methyl sites for hydroxylation is 1. The van der Waals surface area contributed by atoms with Gasteiger partial charge in [0.25, 0.3) is 5.91 Å². The lowest BCUT2D eigenvalue weighted by molar-refractivity contribution is 0.0628. The number of benzene rings is 1. The minimum atomic E-state index is -0.00766. The van der Waals surface area contributed by atoms with E-state index < -0.39 is 0 Å². The van der Waals surface area contributed by atoms with Crippen LogP contribution in [-0.2, 0) is 6.42 Å². The monoisotopic (exact) mass is 451 g/mol. The van der Waals surface area contributed by atoms with E-state index in [2.05, 4.69) is 51.4 Å². The van der Waals surface area contributed by atoms with E-state index >= 15 is 0 Å². The van der Waals surface area contributed by atoms with Crippen LogP contribution in [0.2, 0.25) is 0 Å². The molecule has 1 N–H and O–H groups in total. The molecule has 8 heteroatoms. The number of halogens is 2. The van der Waals surface area contributed by atoms with Gasteiger partial charge in [0.05, 0.1) is 6.04 Å². The molecule has 30 heavy (non-hydrogen) atoms. The van der Waals surface area contributed by atoms with Gasteiger partial charge in [-0.3, -0.25) is 4.79 Å². The summed E-state index contributed by atoms with van der Waals surface area (Å²) in [7, 11) is 0. The summed E-state index contributed by atoms with van der Waals surface area (Å²) >= 11 is 0. The number of carbonyl (C=O) groups excluding carboxylic acids is 1. The number of anilines is 1. The fourth-order valence-corrected chi connectivity index (χ4v) is 4.08. The minimum Gasteiger partial charge on any atom is -0.341 e. The Balaban J connectivity index is 0.00000160. The minimum absolute atomic E-state index is 0. The van der Waals surface area contributed by atoms with E-state index in [1.165, 1.54) is 17.5 Å². The maximum Gasteiger partial charge on any atom is 0.273 e. The van der Waals surface area contributed by atoms with Gasteiger partial charge in [0.2, 0.25) is 5.95 Å². The molecule has 1 aromatic heterocycles. The molecule has 0 spiro atoms. The summed E-state index contributed by atoms with van der Waals surface area (Å²) in [5.74, 6) is 0.677. The van der Waals surface area contributed by atoms with Crippen molar-refractivity contribution < 1.29 is 4.79 Å². The molecule has 0 saturated carbocycles. The van der Waals surface area contributed by atoms with Crippen LogP contribution >= 0.6 is 24.8 Å². The summed E-state index contributed by atoms with van der Waals surface area (Å²) in [6.07, 6.45) is 6.32. The highest BCUT2D eigenvalue weighted by atomic mass is 35.5. The average molecular weight is 452 g/mol. The van der Waals surface area contributed by atoms with Gasteiger partial charge in [0.15, 0.2) is 0 Å². The van der Waals surface area contributed by atoms with Crippen LogP contribution in [0.4, 0.5) is 5.95 Å². The second kappa shape index (κ2) is 11.5. The van der Waals surface area contributed by atoms with E-state index in [9.17, 15) is 4.79 Å². The summed E-state index contributed by atoms with van der Waals surface area (Å²) in [6.45, 7) is 6.35. The van der Waals surface area contributed by atoms with Crippen LogP contribution in [-0.4, -0.2) is 53.5 Å². The van der Waals surface area contributed by atoms with E-state index in [0.29, 0.717) is 18.2 Å². The molecule has 0 radical (unpaired) electrons. The van der Waals surface area contributed by atoms with Crippen molar-refractivity contribution in [3.05, 3.63) is 53.3 Å². The lowest BCUT2D eigenvalue weighted by Gasteiger charge is -2.36. The predicted octanol–water partition coefficient (Wildman–Crippen LogP) is 3.66. The average Bonchev–Trinajstić information content (AvgIpc) is 2.79. The zero-order chi connectivity index (χ0) is 19.3. The molecule has 2 aromatic rings. The highest BCUT2D eigenvalue weighted by molar-refractivity contribution is 5.93. The Morgan fingerprint density at radius 1 is 1.07 bits per heavy atom. The van der Waals surface area contributed by atoms with Gasteiger partial charge < -0.3 is 15.1 Å². The number of hydrogen-bond acceptors (Lipinski definition) is 5. The largest absolute Gasteiger partial charge is 0.341 e. The van der Waals surface area contributed by atoms with Crippen LogP contribution in [0.15, 0.2) is 36.5 Å². The Kier molecular flexibility index (Phi) is 9.34. The molecule has 164 valence electrons. The van der Waals surface area contributed by atoms with Gasteiger partial charge >= 0.3 is 0 Å². The molecule has 0 bridgehead atoms. The standard InChI is InChI=1S/C22H29N5O.2ClH/c1-2-17-6-8-18(9-7-17)20-16-23-12-15-27(20)21(28)19-10-11-24-22(25-19)26-13-4-3-5-14-26;;/h6-11,20,23H,2-5,12-16H2,1H3;2*1H. The zero-order valence-corrected chi connectivity index (χ0v) is 19.1. The van der Waals surface area contributed by atoms with Gasteiger partial charge in [-0.25, -0.2) is 9.97 Å². The van der Waals surface area contributed by atoms with E-state index in [1.54, 1.807) is 12.3 Å². The second-order valence-electron chi connectivity index (χ2n) is 7.60. The fraction of sp³-hybridized carbons (Fsp3) is 0.500. The number of nitrogens with zero attached hydrogens (tertiary/aromatic N) is 4. The van der Waals surface area contributed by atoms with Crippen molar-refractivity contribution in [1.82, 2.24) is 20.2 Å². The number of amides is 1. The van der Waals surface area contributed by atoms with Crippen molar-refractivity contribution in [2.45, 2.75) is 38.6 Å². The third kappa shape index (κ3) is 5.42. The first kappa shape index (κ1) is 24.4. The number of rotatable bonds is 4. The molecule has 6 nitrogen and oxygen atoms in total. The Hall–Kier alpha value is -1.89. The molecule has 2 saturated heterocycles. The zero-order valence-electron chi connectivity index (χ0n) is 17.4. The molecule has 2 aliphatic rings. The van der Waals surface area contributed by atoms with Crippen molar-refractivity contribution in [3.8, 4) is 0 Å². The van der Waals surface area contributed by atoms with Crippen LogP contribution in [0.3, 0.4) is 0 Å². The molecular weight excluding hydrogens is 421 g/mol. The normalized spacial score (nSPS) is 18.9. The molecule has 1 aromatic carbocycles. The van der Waals surface area contributed by atoms with Crippen molar-refractivity contribution in [1.29, 1.82) is 0 Å².